The number of nitrogens with two attached hydrogens (primary N) is 1. The lowest BCUT2D eigenvalue weighted by Gasteiger charge is -2.25. The quantitative estimate of drug-likeness (QED) is 0.301. The summed E-state index contributed by atoms with van der Waals surface area (Å²) < 4.78 is 1.67. The van der Waals surface area contributed by atoms with Gasteiger partial charge in [-0.25, -0.2) is 0 Å². The average molecular weight is 253 g/mol. The predicted octanol–water partition coefficient (Wildman–Crippen LogP) is 0.199. The van der Waals surface area contributed by atoms with Gasteiger partial charge in [-0.3, -0.25) is 9.48 Å². The topological polar surface area (TPSA) is 106 Å². The summed E-state index contributed by atoms with van der Waals surface area (Å²) in [6.07, 6.45) is 2.10. The van der Waals surface area contributed by atoms with E-state index in [0.29, 0.717) is 13.0 Å². The first-order valence-corrected chi connectivity index (χ1v) is 5.69. The zero-order valence-corrected chi connectivity index (χ0v) is 10.8. The van der Waals surface area contributed by atoms with Crippen molar-refractivity contribution in [3.63, 3.8) is 0 Å². The van der Waals surface area contributed by atoms with Crippen LogP contribution in [0.5, 0.6) is 0 Å². The third-order valence-corrected chi connectivity index (χ3v) is 3.23. The van der Waals surface area contributed by atoms with Crippen LogP contribution in [0.1, 0.15) is 26.0 Å². The number of rotatable bonds is 5. The molecule has 0 aliphatic carbocycles. The minimum Gasteiger partial charge on any atom is -0.409 e. The second-order valence-corrected chi connectivity index (χ2v) is 4.30. The molecule has 0 spiro atoms. The minimum absolute atomic E-state index is 0.0903. The van der Waals surface area contributed by atoms with Crippen LogP contribution in [0.3, 0.4) is 0 Å². The molecule has 100 valence electrons. The Hall–Kier alpha value is -2.05. The SMILES string of the molecule is CCC(C)(C(=O)NCc1ccnn1C)C(N)=NO. The first-order chi connectivity index (χ1) is 8.45. The average Bonchev–Trinajstić information content (AvgIpc) is 2.79. The van der Waals surface area contributed by atoms with Gasteiger partial charge in [0.2, 0.25) is 5.91 Å². The molecule has 1 aromatic heterocycles. The smallest absolute Gasteiger partial charge is 0.233 e. The number of oxime groups is 1. The van der Waals surface area contributed by atoms with Crippen molar-refractivity contribution in [2.24, 2.45) is 23.4 Å². The zero-order chi connectivity index (χ0) is 13.8. The zero-order valence-electron chi connectivity index (χ0n) is 10.8. The Bertz CT molecular complexity index is 454. The summed E-state index contributed by atoms with van der Waals surface area (Å²) >= 11 is 0. The maximum absolute atomic E-state index is 12.1. The Kier molecular flexibility index (Phi) is 4.30. The van der Waals surface area contributed by atoms with Gasteiger partial charge in [0, 0.05) is 13.2 Å². The molecule has 1 aromatic rings. The molecule has 1 heterocycles. The molecule has 0 aromatic carbocycles. The third-order valence-electron chi connectivity index (χ3n) is 3.23. The molecule has 0 fully saturated rings. The highest BCUT2D eigenvalue weighted by Gasteiger charge is 2.36. The molecule has 0 aliphatic rings. The lowest BCUT2D eigenvalue weighted by atomic mass is 9.85. The van der Waals surface area contributed by atoms with E-state index in [1.54, 1.807) is 24.9 Å². The summed E-state index contributed by atoms with van der Waals surface area (Å²) in [5, 5.41) is 18.4. The number of hydrogen-bond acceptors (Lipinski definition) is 4. The van der Waals surface area contributed by atoms with Gasteiger partial charge in [-0.05, 0) is 19.4 Å². The van der Waals surface area contributed by atoms with Gasteiger partial charge in [0.05, 0.1) is 12.2 Å². The van der Waals surface area contributed by atoms with Gasteiger partial charge in [0.15, 0.2) is 5.84 Å². The fourth-order valence-electron chi connectivity index (χ4n) is 1.51. The number of carbonyl (C=O) groups excluding carboxylic acids is 1. The van der Waals surface area contributed by atoms with E-state index in [9.17, 15) is 4.79 Å². The van der Waals surface area contributed by atoms with Crippen LogP contribution in [0, 0.1) is 5.41 Å². The molecule has 7 nitrogen and oxygen atoms in total. The molecule has 1 amide bonds. The fraction of sp³-hybridized carbons (Fsp3) is 0.545. The molecule has 0 saturated heterocycles. The second-order valence-electron chi connectivity index (χ2n) is 4.30. The van der Waals surface area contributed by atoms with Crippen molar-refractivity contribution in [3.8, 4) is 0 Å². The van der Waals surface area contributed by atoms with Crippen molar-refractivity contribution < 1.29 is 10.0 Å². The number of aryl methyl sites for hydroxylation is 1. The van der Waals surface area contributed by atoms with Gasteiger partial charge in [0.1, 0.15) is 5.41 Å². The molecule has 0 aliphatic heterocycles. The van der Waals surface area contributed by atoms with E-state index in [-0.39, 0.29) is 11.7 Å². The lowest BCUT2D eigenvalue weighted by Crippen LogP contribution is -2.47. The molecule has 1 unspecified atom stereocenters. The summed E-state index contributed by atoms with van der Waals surface area (Å²) in [6, 6.07) is 1.81. The van der Waals surface area contributed by atoms with Gasteiger partial charge < -0.3 is 16.3 Å². The van der Waals surface area contributed by atoms with Crippen LogP contribution in [0.4, 0.5) is 0 Å². The molecule has 1 atom stereocenters. The highest BCUT2D eigenvalue weighted by molar-refractivity contribution is 6.06. The van der Waals surface area contributed by atoms with Crippen LogP contribution in [-0.4, -0.2) is 26.7 Å². The van der Waals surface area contributed by atoms with E-state index in [0.717, 1.165) is 5.69 Å². The summed E-state index contributed by atoms with van der Waals surface area (Å²) in [4.78, 5) is 12.1. The molecule has 0 saturated carbocycles. The van der Waals surface area contributed by atoms with Crippen LogP contribution in [0.25, 0.3) is 0 Å². The maximum atomic E-state index is 12.1. The molecule has 18 heavy (non-hydrogen) atoms. The Labute approximate surface area is 106 Å². The molecular weight excluding hydrogens is 234 g/mol. The number of hydrogen-bond donors (Lipinski definition) is 3. The Balaban J connectivity index is 2.73. The Morgan fingerprint density at radius 3 is 2.83 bits per heavy atom. The normalized spacial score (nSPS) is 15.2. The molecule has 0 bridgehead atoms. The highest BCUT2D eigenvalue weighted by atomic mass is 16.4. The molecule has 4 N–H and O–H groups in total. The van der Waals surface area contributed by atoms with Crippen LogP contribution in [0.2, 0.25) is 0 Å². The van der Waals surface area contributed by atoms with Crippen molar-refractivity contribution in [3.05, 3.63) is 18.0 Å². The monoisotopic (exact) mass is 253 g/mol. The summed E-state index contributed by atoms with van der Waals surface area (Å²) in [5.74, 6) is -0.367. The summed E-state index contributed by atoms with van der Waals surface area (Å²) in [6.45, 7) is 3.80. The number of nitrogens with one attached hydrogen (secondary N) is 1. The molecule has 1 rings (SSSR count). The van der Waals surface area contributed by atoms with E-state index >= 15 is 0 Å². The van der Waals surface area contributed by atoms with Crippen molar-refractivity contribution in [2.45, 2.75) is 26.8 Å². The lowest BCUT2D eigenvalue weighted by molar-refractivity contribution is -0.127. The Morgan fingerprint density at radius 1 is 1.72 bits per heavy atom. The summed E-state index contributed by atoms with van der Waals surface area (Å²) in [5.41, 5.74) is 5.43. The third kappa shape index (κ3) is 2.61. The minimum atomic E-state index is -1.01. The number of carbonyl (C=O) groups is 1. The largest absolute Gasteiger partial charge is 0.409 e. The van der Waals surface area contributed by atoms with Crippen LogP contribution < -0.4 is 11.1 Å². The van der Waals surface area contributed by atoms with E-state index < -0.39 is 5.41 Å². The van der Waals surface area contributed by atoms with Crippen molar-refractivity contribution >= 4 is 11.7 Å². The number of amidine groups is 1. The standard InChI is InChI=1S/C11H19N5O2/c1-4-11(2,9(12)15-18)10(17)13-7-8-5-6-14-16(8)3/h5-6,18H,4,7H2,1-3H3,(H2,12,15)(H,13,17). The van der Waals surface area contributed by atoms with Gasteiger partial charge in [-0.2, -0.15) is 5.10 Å². The van der Waals surface area contributed by atoms with Crippen LogP contribution in [0.15, 0.2) is 17.4 Å². The van der Waals surface area contributed by atoms with Crippen molar-refractivity contribution in [1.29, 1.82) is 0 Å². The molecule has 0 radical (unpaired) electrons. The van der Waals surface area contributed by atoms with Crippen LogP contribution >= 0.6 is 0 Å². The van der Waals surface area contributed by atoms with E-state index in [2.05, 4.69) is 15.6 Å². The number of aromatic nitrogens is 2. The van der Waals surface area contributed by atoms with E-state index in [1.807, 2.05) is 13.0 Å². The summed E-state index contributed by atoms with van der Waals surface area (Å²) in [7, 11) is 1.80. The van der Waals surface area contributed by atoms with Gasteiger partial charge in [-0.15, -0.1) is 0 Å². The van der Waals surface area contributed by atoms with Crippen LogP contribution in [-0.2, 0) is 18.4 Å². The predicted molar refractivity (Wildman–Crippen MR) is 66.9 cm³/mol. The van der Waals surface area contributed by atoms with Gasteiger partial charge >= 0.3 is 0 Å². The molecule has 7 heteroatoms. The number of nitrogens with zero attached hydrogens (tertiary/aromatic N) is 3. The van der Waals surface area contributed by atoms with Crippen molar-refractivity contribution in [1.82, 2.24) is 15.1 Å². The highest BCUT2D eigenvalue weighted by Crippen LogP contribution is 2.21. The first kappa shape index (κ1) is 14.0. The van der Waals surface area contributed by atoms with Crippen molar-refractivity contribution in [2.75, 3.05) is 0 Å². The Morgan fingerprint density at radius 2 is 2.39 bits per heavy atom. The maximum Gasteiger partial charge on any atom is 0.233 e. The first-order valence-electron chi connectivity index (χ1n) is 5.69. The number of amides is 1. The fourth-order valence-corrected chi connectivity index (χ4v) is 1.51. The second kappa shape index (κ2) is 5.52. The van der Waals surface area contributed by atoms with Gasteiger partial charge in [0.25, 0.3) is 0 Å². The van der Waals surface area contributed by atoms with E-state index in [4.69, 9.17) is 10.9 Å². The van der Waals surface area contributed by atoms with E-state index in [1.165, 1.54) is 0 Å². The molecular formula is C11H19N5O2. The van der Waals surface area contributed by atoms with Gasteiger partial charge in [-0.1, -0.05) is 12.1 Å².